The number of aromatic nitrogens is 1. The smallest absolute Gasteiger partial charge is 0.340 e. The Balaban J connectivity index is 1.95. The van der Waals surface area contributed by atoms with E-state index in [1.54, 1.807) is 18.2 Å². The summed E-state index contributed by atoms with van der Waals surface area (Å²) in [6, 6.07) is 12.8. The zero-order valence-corrected chi connectivity index (χ0v) is 11.9. The number of halogens is 4. The van der Waals surface area contributed by atoms with E-state index < -0.39 is 11.7 Å². The summed E-state index contributed by atoms with van der Waals surface area (Å²) >= 11 is 6.12. The third-order valence-corrected chi connectivity index (χ3v) is 3.52. The molecule has 3 rings (SSSR count). The number of hydrogen-bond acceptors (Lipinski definition) is 2. The van der Waals surface area contributed by atoms with Crippen LogP contribution in [0.25, 0.3) is 10.8 Å². The highest BCUT2D eigenvalue weighted by Gasteiger charge is 2.30. The Morgan fingerprint density at radius 2 is 1.82 bits per heavy atom. The molecule has 0 radical (unpaired) electrons. The number of nitrogens with zero attached hydrogens (tertiary/aromatic N) is 1. The maximum Gasteiger partial charge on any atom is 0.416 e. The lowest BCUT2D eigenvalue weighted by Gasteiger charge is -2.10. The Bertz CT molecular complexity index is 831. The van der Waals surface area contributed by atoms with Crippen LogP contribution in [0.2, 0.25) is 5.02 Å². The van der Waals surface area contributed by atoms with Gasteiger partial charge in [0.1, 0.15) is 5.82 Å². The van der Waals surface area contributed by atoms with Crippen molar-refractivity contribution < 1.29 is 13.2 Å². The quantitative estimate of drug-likeness (QED) is 0.659. The van der Waals surface area contributed by atoms with Crippen molar-refractivity contribution in [2.75, 3.05) is 5.32 Å². The average molecular weight is 323 g/mol. The van der Waals surface area contributed by atoms with Crippen LogP contribution in [0.3, 0.4) is 0 Å². The highest BCUT2D eigenvalue weighted by molar-refractivity contribution is 6.35. The van der Waals surface area contributed by atoms with Crippen LogP contribution in [0, 0.1) is 0 Å². The van der Waals surface area contributed by atoms with E-state index in [0.717, 1.165) is 29.1 Å². The van der Waals surface area contributed by atoms with Crippen LogP contribution in [0.15, 0.2) is 54.7 Å². The van der Waals surface area contributed by atoms with E-state index in [2.05, 4.69) is 10.3 Å². The van der Waals surface area contributed by atoms with Gasteiger partial charge in [-0.1, -0.05) is 29.8 Å². The van der Waals surface area contributed by atoms with Crippen LogP contribution in [-0.4, -0.2) is 4.98 Å². The van der Waals surface area contributed by atoms with E-state index in [0.29, 0.717) is 10.7 Å². The fraction of sp³-hybridized carbons (Fsp3) is 0.0625. The molecule has 0 saturated carbocycles. The summed E-state index contributed by atoms with van der Waals surface area (Å²) in [5.41, 5.74) is -0.128. The second-order valence-electron chi connectivity index (χ2n) is 4.73. The van der Waals surface area contributed by atoms with Crippen molar-refractivity contribution in [1.29, 1.82) is 0 Å². The molecule has 0 unspecified atom stereocenters. The van der Waals surface area contributed by atoms with Crippen LogP contribution in [-0.2, 0) is 6.18 Å². The number of nitrogens with one attached hydrogen (secondary N) is 1. The summed E-state index contributed by atoms with van der Waals surface area (Å²) in [7, 11) is 0. The van der Waals surface area contributed by atoms with Gasteiger partial charge in [-0.15, -0.1) is 0 Å². The predicted octanol–water partition coefficient (Wildman–Crippen LogP) is 5.65. The fourth-order valence-corrected chi connectivity index (χ4v) is 2.37. The number of benzene rings is 2. The molecule has 1 aromatic heterocycles. The fourth-order valence-electron chi connectivity index (χ4n) is 2.14. The lowest BCUT2D eigenvalue weighted by atomic mass is 10.1. The first-order valence-electron chi connectivity index (χ1n) is 6.42. The van der Waals surface area contributed by atoms with Gasteiger partial charge in [-0.25, -0.2) is 4.98 Å². The number of pyridine rings is 1. The number of anilines is 2. The molecule has 0 atom stereocenters. The average Bonchev–Trinajstić information content (AvgIpc) is 2.48. The molecule has 112 valence electrons. The maximum absolute atomic E-state index is 12.7. The minimum atomic E-state index is -4.40. The SMILES string of the molecule is FC(F)(F)c1ccnc(Nc2ccc3cccc(Cl)c3c2)c1. The zero-order valence-electron chi connectivity index (χ0n) is 11.2. The standard InChI is InChI=1S/C16H10ClF3N2/c17-14-3-1-2-10-4-5-12(9-13(10)14)22-15-8-11(6-7-21-15)16(18,19)20/h1-9H,(H,21,22). The van der Waals surface area contributed by atoms with Crippen molar-refractivity contribution >= 4 is 33.9 Å². The highest BCUT2D eigenvalue weighted by Crippen LogP contribution is 2.31. The molecule has 2 aromatic carbocycles. The Hall–Kier alpha value is -2.27. The van der Waals surface area contributed by atoms with Crippen molar-refractivity contribution in [3.63, 3.8) is 0 Å². The molecule has 0 aliphatic carbocycles. The number of hydrogen-bond donors (Lipinski definition) is 1. The molecule has 3 aromatic rings. The normalized spacial score (nSPS) is 11.6. The minimum absolute atomic E-state index is 0.126. The second-order valence-corrected chi connectivity index (χ2v) is 5.14. The first kappa shape index (κ1) is 14.7. The molecule has 22 heavy (non-hydrogen) atoms. The van der Waals surface area contributed by atoms with Crippen LogP contribution >= 0.6 is 11.6 Å². The number of alkyl halides is 3. The van der Waals surface area contributed by atoms with Crippen LogP contribution in [0.1, 0.15) is 5.56 Å². The molecule has 0 aliphatic rings. The Labute approximate surface area is 129 Å². The molecule has 0 spiro atoms. The molecule has 0 bridgehead atoms. The van der Waals surface area contributed by atoms with Crippen LogP contribution in [0.5, 0.6) is 0 Å². The van der Waals surface area contributed by atoms with Gasteiger partial charge < -0.3 is 5.32 Å². The summed E-state index contributed by atoms with van der Waals surface area (Å²) in [5, 5.41) is 5.22. The monoisotopic (exact) mass is 322 g/mol. The van der Waals surface area contributed by atoms with Gasteiger partial charge in [0.25, 0.3) is 0 Å². The van der Waals surface area contributed by atoms with Crippen LogP contribution in [0.4, 0.5) is 24.7 Å². The lowest BCUT2D eigenvalue weighted by Crippen LogP contribution is -2.06. The van der Waals surface area contributed by atoms with E-state index in [-0.39, 0.29) is 5.82 Å². The predicted molar refractivity (Wildman–Crippen MR) is 81.5 cm³/mol. The van der Waals surface area contributed by atoms with Crippen molar-refractivity contribution in [3.8, 4) is 0 Å². The minimum Gasteiger partial charge on any atom is -0.340 e. The van der Waals surface area contributed by atoms with Gasteiger partial charge in [0.15, 0.2) is 0 Å². The van der Waals surface area contributed by atoms with Gasteiger partial charge in [0.05, 0.1) is 5.56 Å². The molecule has 0 aliphatic heterocycles. The van der Waals surface area contributed by atoms with Gasteiger partial charge >= 0.3 is 6.18 Å². The Morgan fingerprint density at radius 3 is 2.59 bits per heavy atom. The van der Waals surface area contributed by atoms with Gasteiger partial charge in [0, 0.05) is 22.3 Å². The summed E-state index contributed by atoms with van der Waals surface area (Å²) in [5.74, 6) is 0.126. The molecular weight excluding hydrogens is 313 g/mol. The van der Waals surface area contributed by atoms with Crippen molar-refractivity contribution in [3.05, 3.63) is 65.3 Å². The lowest BCUT2D eigenvalue weighted by molar-refractivity contribution is -0.137. The topological polar surface area (TPSA) is 24.9 Å². The first-order valence-corrected chi connectivity index (χ1v) is 6.80. The molecule has 1 heterocycles. The third kappa shape index (κ3) is 2.99. The summed E-state index contributed by atoms with van der Waals surface area (Å²) in [4.78, 5) is 3.91. The van der Waals surface area contributed by atoms with Crippen molar-refractivity contribution in [2.45, 2.75) is 6.18 Å². The second kappa shape index (κ2) is 5.50. The van der Waals surface area contributed by atoms with Crippen molar-refractivity contribution in [1.82, 2.24) is 4.98 Å². The molecule has 0 saturated heterocycles. The van der Waals surface area contributed by atoms with Gasteiger partial charge in [-0.2, -0.15) is 13.2 Å². The summed E-state index contributed by atoms with van der Waals surface area (Å²) in [6.45, 7) is 0. The number of rotatable bonds is 2. The van der Waals surface area contributed by atoms with Gasteiger partial charge in [-0.3, -0.25) is 0 Å². The van der Waals surface area contributed by atoms with E-state index in [9.17, 15) is 13.2 Å². The highest BCUT2D eigenvalue weighted by atomic mass is 35.5. The van der Waals surface area contributed by atoms with Gasteiger partial charge in [0.2, 0.25) is 0 Å². The van der Waals surface area contributed by atoms with E-state index in [1.807, 2.05) is 18.2 Å². The Kier molecular flexibility index (Phi) is 3.66. The molecule has 6 heteroatoms. The third-order valence-electron chi connectivity index (χ3n) is 3.19. The molecule has 2 nitrogen and oxygen atoms in total. The maximum atomic E-state index is 12.7. The Morgan fingerprint density at radius 1 is 1.00 bits per heavy atom. The summed E-state index contributed by atoms with van der Waals surface area (Å²) < 4.78 is 38.1. The number of fused-ring (bicyclic) bond motifs is 1. The van der Waals surface area contributed by atoms with E-state index >= 15 is 0 Å². The van der Waals surface area contributed by atoms with Crippen molar-refractivity contribution in [2.24, 2.45) is 0 Å². The molecule has 1 N–H and O–H groups in total. The molecule has 0 amide bonds. The largest absolute Gasteiger partial charge is 0.416 e. The van der Waals surface area contributed by atoms with E-state index in [4.69, 9.17) is 11.6 Å². The van der Waals surface area contributed by atoms with Crippen LogP contribution < -0.4 is 5.32 Å². The van der Waals surface area contributed by atoms with Gasteiger partial charge in [-0.05, 0) is 35.7 Å². The first-order chi connectivity index (χ1) is 10.4. The zero-order chi connectivity index (χ0) is 15.7. The summed E-state index contributed by atoms with van der Waals surface area (Å²) in [6.07, 6.45) is -3.27. The van der Waals surface area contributed by atoms with E-state index in [1.165, 1.54) is 0 Å². The molecular formula is C16H10ClF3N2. The molecule has 0 fully saturated rings.